The van der Waals surface area contributed by atoms with Crippen molar-refractivity contribution in [2.45, 2.75) is 39.3 Å². The molecule has 0 saturated carbocycles. The van der Waals surface area contributed by atoms with Gasteiger partial charge in [-0.25, -0.2) is 4.98 Å². The van der Waals surface area contributed by atoms with Gasteiger partial charge in [-0.2, -0.15) is 0 Å². The second-order valence-electron chi connectivity index (χ2n) is 5.33. The fourth-order valence-electron chi connectivity index (χ4n) is 2.81. The summed E-state index contributed by atoms with van der Waals surface area (Å²) in [4.78, 5) is 4.80. The molecule has 0 amide bonds. The highest BCUT2D eigenvalue weighted by molar-refractivity contribution is 5.63. The average molecular weight is 271 g/mol. The van der Waals surface area contributed by atoms with E-state index in [0.29, 0.717) is 6.61 Å². The van der Waals surface area contributed by atoms with E-state index < -0.39 is 0 Å². The first kappa shape index (κ1) is 13.2. The number of rotatable bonds is 3. The summed E-state index contributed by atoms with van der Waals surface area (Å²) >= 11 is 0. The summed E-state index contributed by atoms with van der Waals surface area (Å²) in [6, 6.07) is 8.41. The van der Waals surface area contributed by atoms with E-state index in [1.165, 1.54) is 5.69 Å². The van der Waals surface area contributed by atoms with Crippen molar-refractivity contribution in [3.05, 3.63) is 35.8 Å². The second kappa shape index (κ2) is 5.29. The van der Waals surface area contributed by atoms with E-state index in [9.17, 15) is 0 Å². The lowest BCUT2D eigenvalue weighted by Gasteiger charge is -2.21. The molecule has 0 fully saturated rings. The smallest absolute Gasteiger partial charge is 0.119 e. The minimum Gasteiger partial charge on any atom is -0.494 e. The van der Waals surface area contributed by atoms with Crippen molar-refractivity contribution in [3.8, 4) is 17.0 Å². The summed E-state index contributed by atoms with van der Waals surface area (Å²) in [5.74, 6) is 2.06. The van der Waals surface area contributed by atoms with Crippen LogP contribution in [0.5, 0.6) is 5.75 Å². The van der Waals surface area contributed by atoms with Crippen LogP contribution < -0.4 is 10.5 Å². The highest BCUT2D eigenvalue weighted by Gasteiger charge is 2.21. The van der Waals surface area contributed by atoms with Crippen molar-refractivity contribution in [1.82, 2.24) is 9.55 Å². The minimum absolute atomic E-state index is 0.253. The maximum absolute atomic E-state index is 6.05. The SMILES string of the molecule is CCOc1ccc(-c2nc3n(c2C)CC(N)CC3)cc1. The Morgan fingerprint density at radius 1 is 1.35 bits per heavy atom. The molecule has 3 rings (SSSR count). The molecule has 1 unspecified atom stereocenters. The van der Waals surface area contributed by atoms with E-state index in [-0.39, 0.29) is 6.04 Å². The third kappa shape index (κ3) is 2.31. The van der Waals surface area contributed by atoms with Crippen LogP contribution in [-0.2, 0) is 13.0 Å². The Balaban J connectivity index is 1.94. The molecule has 0 spiro atoms. The quantitative estimate of drug-likeness (QED) is 0.933. The van der Waals surface area contributed by atoms with E-state index >= 15 is 0 Å². The molecule has 2 N–H and O–H groups in total. The van der Waals surface area contributed by atoms with E-state index in [2.05, 4.69) is 23.6 Å². The topological polar surface area (TPSA) is 53.1 Å². The van der Waals surface area contributed by atoms with Crippen LogP contribution in [0.3, 0.4) is 0 Å². The summed E-state index contributed by atoms with van der Waals surface area (Å²) in [5, 5.41) is 0. The zero-order chi connectivity index (χ0) is 14.1. The predicted octanol–water partition coefficient (Wildman–Crippen LogP) is 2.53. The molecule has 1 aliphatic rings. The molecule has 1 aromatic heterocycles. The van der Waals surface area contributed by atoms with Crippen LogP contribution in [0.4, 0.5) is 0 Å². The largest absolute Gasteiger partial charge is 0.494 e. The van der Waals surface area contributed by atoms with Gasteiger partial charge in [-0.1, -0.05) is 0 Å². The molecule has 0 aliphatic carbocycles. The van der Waals surface area contributed by atoms with E-state index in [1.807, 2.05) is 19.1 Å². The molecule has 20 heavy (non-hydrogen) atoms. The predicted molar refractivity (Wildman–Crippen MR) is 79.9 cm³/mol. The van der Waals surface area contributed by atoms with Gasteiger partial charge in [0.2, 0.25) is 0 Å². The summed E-state index contributed by atoms with van der Waals surface area (Å²) in [7, 11) is 0. The maximum Gasteiger partial charge on any atom is 0.119 e. The molecule has 0 radical (unpaired) electrons. The lowest BCUT2D eigenvalue weighted by molar-refractivity contribution is 0.340. The number of hydrogen-bond acceptors (Lipinski definition) is 3. The first-order valence-corrected chi connectivity index (χ1v) is 7.24. The summed E-state index contributed by atoms with van der Waals surface area (Å²) in [6.07, 6.45) is 2.00. The summed E-state index contributed by atoms with van der Waals surface area (Å²) in [5.41, 5.74) is 9.47. The molecule has 2 heterocycles. The molecule has 2 aromatic rings. The molecule has 4 nitrogen and oxygen atoms in total. The minimum atomic E-state index is 0.253. The van der Waals surface area contributed by atoms with Crippen LogP contribution in [-0.4, -0.2) is 22.2 Å². The van der Waals surface area contributed by atoms with Gasteiger partial charge in [-0.3, -0.25) is 0 Å². The third-order valence-electron chi connectivity index (χ3n) is 3.89. The van der Waals surface area contributed by atoms with Gasteiger partial charge in [0.1, 0.15) is 11.6 Å². The fourth-order valence-corrected chi connectivity index (χ4v) is 2.81. The Labute approximate surface area is 119 Å². The number of hydrogen-bond donors (Lipinski definition) is 1. The van der Waals surface area contributed by atoms with Crippen molar-refractivity contribution in [3.63, 3.8) is 0 Å². The zero-order valence-electron chi connectivity index (χ0n) is 12.1. The molecule has 1 aliphatic heterocycles. The van der Waals surface area contributed by atoms with Gasteiger partial charge >= 0.3 is 0 Å². The average Bonchev–Trinajstić information content (AvgIpc) is 2.77. The molecule has 4 heteroatoms. The Kier molecular flexibility index (Phi) is 3.49. The molecule has 1 aromatic carbocycles. The normalized spacial score (nSPS) is 17.9. The Morgan fingerprint density at radius 2 is 2.10 bits per heavy atom. The van der Waals surface area contributed by atoms with Crippen LogP contribution in [0, 0.1) is 6.92 Å². The number of nitrogens with zero attached hydrogens (tertiary/aromatic N) is 2. The standard InChI is InChI=1S/C16H21N3O/c1-3-20-14-7-4-12(5-8-14)16-11(2)19-10-13(17)6-9-15(19)18-16/h4-5,7-8,13H,3,6,9-10,17H2,1-2H3. The first-order chi connectivity index (χ1) is 9.69. The molecule has 1 atom stereocenters. The number of aryl methyl sites for hydroxylation is 1. The summed E-state index contributed by atoms with van der Waals surface area (Å²) in [6.45, 7) is 5.69. The molecular formula is C16H21N3O. The van der Waals surface area contributed by atoms with E-state index in [4.69, 9.17) is 15.5 Å². The molecule has 0 bridgehead atoms. The second-order valence-corrected chi connectivity index (χ2v) is 5.33. The highest BCUT2D eigenvalue weighted by atomic mass is 16.5. The van der Waals surface area contributed by atoms with Crippen LogP contribution in [0.2, 0.25) is 0 Å². The lowest BCUT2D eigenvalue weighted by atomic mass is 10.1. The van der Waals surface area contributed by atoms with Crippen molar-refractivity contribution >= 4 is 0 Å². The van der Waals surface area contributed by atoms with Gasteiger partial charge in [0, 0.05) is 30.3 Å². The van der Waals surface area contributed by atoms with E-state index in [0.717, 1.165) is 42.2 Å². The van der Waals surface area contributed by atoms with Gasteiger partial charge in [0.25, 0.3) is 0 Å². The van der Waals surface area contributed by atoms with Crippen LogP contribution in [0.15, 0.2) is 24.3 Å². The number of imidazole rings is 1. The lowest BCUT2D eigenvalue weighted by Crippen LogP contribution is -2.32. The molecule has 0 saturated heterocycles. The third-order valence-corrected chi connectivity index (χ3v) is 3.89. The van der Waals surface area contributed by atoms with Gasteiger partial charge in [0.15, 0.2) is 0 Å². The van der Waals surface area contributed by atoms with Crippen LogP contribution >= 0.6 is 0 Å². The number of nitrogens with two attached hydrogens (primary N) is 1. The number of ether oxygens (including phenoxy) is 1. The number of fused-ring (bicyclic) bond motifs is 1. The van der Waals surface area contributed by atoms with E-state index in [1.54, 1.807) is 0 Å². The Bertz CT molecular complexity index is 601. The van der Waals surface area contributed by atoms with Crippen molar-refractivity contribution in [2.24, 2.45) is 5.73 Å². The van der Waals surface area contributed by atoms with Crippen LogP contribution in [0.25, 0.3) is 11.3 Å². The van der Waals surface area contributed by atoms with Gasteiger partial charge < -0.3 is 15.0 Å². The number of aromatic nitrogens is 2. The highest BCUT2D eigenvalue weighted by Crippen LogP contribution is 2.28. The number of benzene rings is 1. The molecule has 106 valence electrons. The Hall–Kier alpha value is -1.81. The van der Waals surface area contributed by atoms with Crippen LogP contribution in [0.1, 0.15) is 24.9 Å². The van der Waals surface area contributed by atoms with Gasteiger partial charge in [0.05, 0.1) is 12.3 Å². The zero-order valence-corrected chi connectivity index (χ0v) is 12.1. The summed E-state index contributed by atoms with van der Waals surface area (Å²) < 4.78 is 7.74. The first-order valence-electron chi connectivity index (χ1n) is 7.24. The van der Waals surface area contributed by atoms with Crippen molar-refractivity contribution in [2.75, 3.05) is 6.61 Å². The van der Waals surface area contributed by atoms with Crippen molar-refractivity contribution in [1.29, 1.82) is 0 Å². The maximum atomic E-state index is 6.05. The fraction of sp³-hybridized carbons (Fsp3) is 0.438. The Morgan fingerprint density at radius 3 is 2.80 bits per heavy atom. The monoisotopic (exact) mass is 271 g/mol. The van der Waals surface area contributed by atoms with Gasteiger partial charge in [-0.05, 0) is 44.5 Å². The van der Waals surface area contributed by atoms with Gasteiger partial charge in [-0.15, -0.1) is 0 Å². The van der Waals surface area contributed by atoms with Crippen molar-refractivity contribution < 1.29 is 4.74 Å². The molecular weight excluding hydrogens is 250 g/mol.